The van der Waals surface area contributed by atoms with Gasteiger partial charge in [0.15, 0.2) is 18.1 Å². The summed E-state index contributed by atoms with van der Waals surface area (Å²) in [6, 6.07) is 12.6. The zero-order chi connectivity index (χ0) is 18.9. The van der Waals surface area contributed by atoms with E-state index in [1.165, 1.54) is 13.2 Å². The van der Waals surface area contributed by atoms with Gasteiger partial charge < -0.3 is 19.7 Å². The van der Waals surface area contributed by atoms with Gasteiger partial charge in [0, 0.05) is 12.1 Å². The molecule has 0 bridgehead atoms. The van der Waals surface area contributed by atoms with Crippen LogP contribution in [-0.2, 0) is 17.8 Å². The number of ether oxygens (including phenoxy) is 2. The predicted octanol–water partition coefficient (Wildman–Crippen LogP) is 1.22. The van der Waals surface area contributed by atoms with E-state index in [4.69, 9.17) is 9.47 Å². The monoisotopic (exact) mass is 361 g/mol. The number of carbonyl (C=O) groups excluding carboxylic acids is 1. The van der Waals surface area contributed by atoms with Crippen molar-refractivity contribution in [3.8, 4) is 11.5 Å². The Labute approximate surface area is 153 Å². The van der Waals surface area contributed by atoms with Gasteiger partial charge >= 0.3 is 0 Å². The van der Waals surface area contributed by atoms with Crippen LogP contribution >= 0.6 is 0 Å². The average molecular weight is 361 g/mol. The molecule has 6 heteroatoms. The molecule has 2 rings (SSSR count). The van der Waals surface area contributed by atoms with Gasteiger partial charge in [-0.05, 0) is 36.2 Å². The van der Waals surface area contributed by atoms with Crippen LogP contribution in [0.4, 0.5) is 4.39 Å². The zero-order valence-electron chi connectivity index (χ0n) is 15.5. The molecule has 5 nitrogen and oxygen atoms in total. The molecule has 0 aliphatic heterocycles. The lowest BCUT2D eigenvalue weighted by Crippen LogP contribution is -3.08. The topological polar surface area (TPSA) is 52.0 Å². The molecule has 0 saturated heterocycles. The summed E-state index contributed by atoms with van der Waals surface area (Å²) in [5.74, 6) is 0.622. The Bertz CT molecular complexity index is 737. The van der Waals surface area contributed by atoms with Crippen molar-refractivity contribution in [2.75, 3.05) is 34.4 Å². The number of likely N-dealkylation sites (N-methyl/N-ethyl adjacent to an activating group) is 1. The van der Waals surface area contributed by atoms with Crippen LogP contribution in [0.5, 0.6) is 11.5 Å². The van der Waals surface area contributed by atoms with E-state index >= 15 is 0 Å². The number of rotatable bonds is 9. The molecular weight excluding hydrogens is 335 g/mol. The molecule has 1 unspecified atom stereocenters. The van der Waals surface area contributed by atoms with E-state index in [2.05, 4.69) is 5.32 Å². The fourth-order valence-corrected chi connectivity index (χ4v) is 2.81. The molecule has 0 radical (unpaired) electrons. The van der Waals surface area contributed by atoms with Gasteiger partial charge in [-0.25, -0.2) is 4.39 Å². The smallest absolute Gasteiger partial charge is 0.275 e. The van der Waals surface area contributed by atoms with Crippen LogP contribution < -0.4 is 19.7 Å². The van der Waals surface area contributed by atoms with E-state index in [1.807, 2.05) is 37.4 Å². The van der Waals surface area contributed by atoms with Crippen molar-refractivity contribution in [3.63, 3.8) is 0 Å². The van der Waals surface area contributed by atoms with Gasteiger partial charge in [-0.3, -0.25) is 4.79 Å². The maximum absolute atomic E-state index is 13.7. The second-order valence-corrected chi connectivity index (χ2v) is 6.19. The number of benzene rings is 2. The highest BCUT2D eigenvalue weighted by Crippen LogP contribution is 2.17. The van der Waals surface area contributed by atoms with Gasteiger partial charge in [0.1, 0.15) is 12.3 Å². The van der Waals surface area contributed by atoms with Crippen molar-refractivity contribution < 1.29 is 23.6 Å². The number of methoxy groups -OCH3 is 2. The van der Waals surface area contributed by atoms with Gasteiger partial charge in [-0.1, -0.05) is 18.2 Å². The highest BCUT2D eigenvalue weighted by molar-refractivity contribution is 5.76. The third-order valence-corrected chi connectivity index (χ3v) is 4.09. The molecule has 1 amide bonds. The van der Waals surface area contributed by atoms with Crippen molar-refractivity contribution in [2.45, 2.75) is 13.0 Å². The lowest BCUT2D eigenvalue weighted by atomic mass is 10.1. The lowest BCUT2D eigenvalue weighted by Gasteiger charge is -2.15. The highest BCUT2D eigenvalue weighted by atomic mass is 19.1. The summed E-state index contributed by atoms with van der Waals surface area (Å²) in [6.07, 6.45) is 0.707. The Morgan fingerprint density at radius 3 is 2.54 bits per heavy atom. The highest BCUT2D eigenvalue weighted by Gasteiger charge is 2.12. The summed E-state index contributed by atoms with van der Waals surface area (Å²) in [7, 11) is 4.98. The predicted molar refractivity (Wildman–Crippen MR) is 98.1 cm³/mol. The number of para-hydroxylation sites is 1. The molecule has 140 valence electrons. The number of hydrogen-bond acceptors (Lipinski definition) is 3. The molecule has 26 heavy (non-hydrogen) atoms. The second kappa shape index (κ2) is 9.77. The molecule has 0 aliphatic rings. The van der Waals surface area contributed by atoms with Crippen molar-refractivity contribution in [2.24, 2.45) is 0 Å². The van der Waals surface area contributed by atoms with Crippen LogP contribution in [0.1, 0.15) is 11.1 Å². The van der Waals surface area contributed by atoms with Crippen molar-refractivity contribution >= 4 is 5.91 Å². The first-order chi connectivity index (χ1) is 12.5. The molecule has 0 aliphatic carbocycles. The molecule has 0 spiro atoms. The third kappa shape index (κ3) is 5.74. The van der Waals surface area contributed by atoms with Gasteiger partial charge in [-0.15, -0.1) is 0 Å². The van der Waals surface area contributed by atoms with Crippen LogP contribution in [0.2, 0.25) is 0 Å². The van der Waals surface area contributed by atoms with Gasteiger partial charge in [0.2, 0.25) is 0 Å². The quantitative estimate of drug-likeness (QED) is 0.706. The Balaban J connectivity index is 1.77. The van der Waals surface area contributed by atoms with E-state index in [0.29, 0.717) is 26.1 Å². The van der Waals surface area contributed by atoms with E-state index in [0.717, 1.165) is 21.8 Å². The summed E-state index contributed by atoms with van der Waals surface area (Å²) < 4.78 is 23.9. The van der Waals surface area contributed by atoms with Crippen LogP contribution in [0.3, 0.4) is 0 Å². The summed E-state index contributed by atoms with van der Waals surface area (Å²) in [4.78, 5) is 13.1. The van der Waals surface area contributed by atoms with Gasteiger partial charge in [0.25, 0.3) is 5.91 Å². The Kier molecular flexibility index (Phi) is 7.41. The minimum atomic E-state index is -0.390. The van der Waals surface area contributed by atoms with E-state index in [-0.39, 0.29) is 17.5 Å². The van der Waals surface area contributed by atoms with Crippen LogP contribution in [-0.4, -0.2) is 40.3 Å². The Morgan fingerprint density at radius 1 is 1.12 bits per heavy atom. The maximum Gasteiger partial charge on any atom is 0.275 e. The fourth-order valence-electron chi connectivity index (χ4n) is 2.81. The normalized spacial score (nSPS) is 11.7. The van der Waals surface area contributed by atoms with Crippen LogP contribution in [0.25, 0.3) is 0 Å². The largest absolute Gasteiger partial charge is 0.496 e. The summed E-state index contributed by atoms with van der Waals surface area (Å²) >= 11 is 0. The van der Waals surface area contributed by atoms with Crippen molar-refractivity contribution in [1.82, 2.24) is 5.32 Å². The maximum atomic E-state index is 13.7. The van der Waals surface area contributed by atoms with E-state index in [9.17, 15) is 9.18 Å². The molecular formula is C20H26FN2O3+. The fraction of sp³-hybridized carbons (Fsp3) is 0.350. The molecule has 2 N–H and O–H groups in total. The Morgan fingerprint density at radius 2 is 1.85 bits per heavy atom. The number of amides is 1. The van der Waals surface area contributed by atoms with Crippen molar-refractivity contribution in [3.05, 3.63) is 59.4 Å². The van der Waals surface area contributed by atoms with Gasteiger partial charge in [-0.2, -0.15) is 0 Å². The zero-order valence-corrected chi connectivity index (χ0v) is 15.5. The summed E-state index contributed by atoms with van der Waals surface area (Å²) in [6.45, 7) is 1.42. The minimum absolute atomic E-state index is 0.0358. The number of hydrogen-bond donors (Lipinski definition) is 2. The molecule has 0 fully saturated rings. The number of nitrogens with one attached hydrogen (secondary N) is 2. The summed E-state index contributed by atoms with van der Waals surface area (Å²) in [5, 5.41) is 2.92. The van der Waals surface area contributed by atoms with Crippen LogP contribution in [0, 0.1) is 5.82 Å². The minimum Gasteiger partial charge on any atom is -0.496 e. The third-order valence-electron chi connectivity index (χ3n) is 4.09. The first-order valence-corrected chi connectivity index (χ1v) is 8.55. The second-order valence-electron chi connectivity index (χ2n) is 6.19. The molecule has 2 aromatic carbocycles. The van der Waals surface area contributed by atoms with Crippen LogP contribution in [0.15, 0.2) is 42.5 Å². The number of carbonyl (C=O) groups is 1. The number of quaternary nitrogens is 1. The number of halogens is 1. The first kappa shape index (κ1) is 19.7. The standard InChI is InChI=1S/C20H25FN2O3/c1-23(13-15-8-9-19(26-3)17(21)12-15)14-20(24)22-11-10-16-6-4-5-7-18(16)25-2/h4-9,12H,10-11,13-14H2,1-3H3,(H,22,24)/p+1. The van der Waals surface area contributed by atoms with Gasteiger partial charge in [0.05, 0.1) is 21.3 Å². The van der Waals surface area contributed by atoms with E-state index < -0.39 is 0 Å². The molecule has 0 aromatic heterocycles. The van der Waals surface area contributed by atoms with E-state index in [1.54, 1.807) is 13.2 Å². The first-order valence-electron chi connectivity index (χ1n) is 8.55. The SMILES string of the molecule is COc1ccc(C[NH+](C)CC(=O)NCCc2ccccc2OC)cc1F. The lowest BCUT2D eigenvalue weighted by molar-refractivity contribution is -0.885. The summed E-state index contributed by atoms with van der Waals surface area (Å²) in [5.41, 5.74) is 1.88. The van der Waals surface area contributed by atoms with Crippen molar-refractivity contribution in [1.29, 1.82) is 0 Å². The molecule has 0 saturated carbocycles. The average Bonchev–Trinajstić information content (AvgIpc) is 2.62. The molecule has 2 aromatic rings. The molecule has 1 atom stereocenters. The Hall–Kier alpha value is -2.60. The molecule has 0 heterocycles.